The van der Waals surface area contributed by atoms with Crippen LogP contribution in [0.2, 0.25) is 0 Å². The van der Waals surface area contributed by atoms with Gasteiger partial charge in [-0.3, -0.25) is 14.5 Å². The van der Waals surface area contributed by atoms with Crippen LogP contribution in [0.1, 0.15) is 15.9 Å². The molecule has 1 aliphatic heterocycles. The summed E-state index contributed by atoms with van der Waals surface area (Å²) in [5.74, 6) is 0.827. The van der Waals surface area contributed by atoms with Crippen molar-refractivity contribution in [2.24, 2.45) is 0 Å². The van der Waals surface area contributed by atoms with E-state index in [0.717, 1.165) is 43.1 Å². The summed E-state index contributed by atoms with van der Waals surface area (Å²) in [5.41, 5.74) is 1.89. The number of amides is 1. The summed E-state index contributed by atoms with van der Waals surface area (Å²) in [7, 11) is 1.88. The first-order valence-electron chi connectivity index (χ1n) is 8.11. The van der Waals surface area contributed by atoms with Gasteiger partial charge >= 0.3 is 0 Å². The second-order valence-electron chi connectivity index (χ2n) is 5.73. The number of piperazine rings is 1. The predicted octanol–water partition coefficient (Wildman–Crippen LogP) is 1.66. The highest BCUT2D eigenvalue weighted by Gasteiger charge is 2.20. The SMILES string of the molecule is CNCCSC(=O)c1cccc(CN2CCN(C(=O)CCl)CC2)c1. The van der Waals surface area contributed by atoms with E-state index in [0.29, 0.717) is 13.1 Å². The Morgan fingerprint density at radius 1 is 1.25 bits per heavy atom. The normalized spacial score (nSPS) is 15.5. The molecule has 1 aromatic rings. The molecule has 7 heteroatoms. The van der Waals surface area contributed by atoms with Gasteiger partial charge in [-0.25, -0.2) is 0 Å². The summed E-state index contributed by atoms with van der Waals surface area (Å²) < 4.78 is 0. The Labute approximate surface area is 152 Å². The number of hydrogen-bond acceptors (Lipinski definition) is 5. The van der Waals surface area contributed by atoms with Crippen LogP contribution in [-0.4, -0.2) is 72.2 Å². The van der Waals surface area contributed by atoms with Crippen molar-refractivity contribution < 1.29 is 9.59 Å². The molecule has 1 heterocycles. The van der Waals surface area contributed by atoms with E-state index in [4.69, 9.17) is 11.6 Å². The molecule has 132 valence electrons. The molecule has 1 fully saturated rings. The van der Waals surface area contributed by atoms with E-state index in [-0.39, 0.29) is 16.9 Å². The van der Waals surface area contributed by atoms with E-state index in [1.54, 1.807) is 0 Å². The van der Waals surface area contributed by atoms with E-state index in [1.807, 2.05) is 36.2 Å². The van der Waals surface area contributed by atoms with Gasteiger partial charge in [-0.2, -0.15) is 0 Å². The highest BCUT2D eigenvalue weighted by molar-refractivity contribution is 8.14. The van der Waals surface area contributed by atoms with Gasteiger partial charge in [0.2, 0.25) is 11.0 Å². The molecule has 2 rings (SSSR count). The second kappa shape index (κ2) is 10.0. The maximum atomic E-state index is 12.2. The maximum Gasteiger partial charge on any atom is 0.237 e. The topological polar surface area (TPSA) is 52.7 Å². The second-order valence-corrected chi connectivity index (χ2v) is 7.07. The number of carbonyl (C=O) groups is 2. The van der Waals surface area contributed by atoms with Crippen LogP contribution in [0.5, 0.6) is 0 Å². The first-order chi connectivity index (χ1) is 11.6. The zero-order valence-electron chi connectivity index (χ0n) is 14.0. The van der Waals surface area contributed by atoms with E-state index < -0.39 is 0 Å². The number of nitrogens with zero attached hydrogens (tertiary/aromatic N) is 2. The third-order valence-corrected chi connectivity index (χ3v) is 5.13. The Kier molecular flexibility index (Phi) is 8.05. The Bertz CT molecular complexity index is 563. The number of halogens is 1. The summed E-state index contributed by atoms with van der Waals surface area (Å²) in [6.45, 7) is 4.70. The number of hydrogen-bond donors (Lipinski definition) is 1. The fourth-order valence-electron chi connectivity index (χ4n) is 2.62. The van der Waals surface area contributed by atoms with E-state index >= 15 is 0 Å². The molecule has 1 aliphatic rings. The van der Waals surface area contributed by atoms with Crippen LogP contribution in [0.3, 0.4) is 0 Å². The van der Waals surface area contributed by atoms with Gasteiger partial charge < -0.3 is 10.2 Å². The Morgan fingerprint density at radius 3 is 2.67 bits per heavy atom. The zero-order valence-corrected chi connectivity index (χ0v) is 15.5. The number of benzene rings is 1. The van der Waals surface area contributed by atoms with Gasteiger partial charge in [0.1, 0.15) is 5.88 Å². The maximum absolute atomic E-state index is 12.2. The summed E-state index contributed by atoms with van der Waals surface area (Å²) in [6, 6.07) is 7.83. The molecule has 0 aliphatic carbocycles. The minimum absolute atomic E-state index is 0.00232. The molecule has 1 aromatic carbocycles. The van der Waals surface area contributed by atoms with Crippen LogP contribution in [0.4, 0.5) is 0 Å². The van der Waals surface area contributed by atoms with E-state index in [1.165, 1.54) is 11.8 Å². The number of rotatable bonds is 7. The summed E-state index contributed by atoms with van der Waals surface area (Å²) >= 11 is 6.94. The molecular formula is C17H24ClN3O2S. The molecule has 0 radical (unpaired) electrons. The van der Waals surface area contributed by atoms with Crippen LogP contribution in [0, 0.1) is 0 Å². The predicted molar refractivity (Wildman–Crippen MR) is 99.7 cm³/mol. The summed E-state index contributed by atoms with van der Waals surface area (Å²) in [6.07, 6.45) is 0. The van der Waals surface area contributed by atoms with Crippen LogP contribution in [0.15, 0.2) is 24.3 Å². The quantitative estimate of drug-likeness (QED) is 0.585. The molecular weight excluding hydrogens is 346 g/mol. The molecule has 0 atom stereocenters. The van der Waals surface area contributed by atoms with Gasteiger partial charge in [0.05, 0.1) is 0 Å². The fourth-order valence-corrected chi connectivity index (χ4v) is 3.58. The fraction of sp³-hybridized carbons (Fsp3) is 0.529. The monoisotopic (exact) mass is 369 g/mol. The smallest absolute Gasteiger partial charge is 0.237 e. The first kappa shape index (κ1) is 19.2. The molecule has 1 N–H and O–H groups in total. The Hall–Kier alpha value is -1.08. The lowest BCUT2D eigenvalue weighted by Crippen LogP contribution is -2.48. The highest BCUT2D eigenvalue weighted by Crippen LogP contribution is 2.16. The largest absolute Gasteiger partial charge is 0.339 e. The van der Waals surface area contributed by atoms with Crippen molar-refractivity contribution in [1.29, 1.82) is 0 Å². The lowest BCUT2D eigenvalue weighted by molar-refractivity contribution is -0.130. The standard InChI is InChI=1S/C17H24ClN3O2S/c1-19-5-10-24-17(23)15-4-2-3-14(11-15)13-20-6-8-21(9-7-20)16(22)12-18/h2-4,11,19H,5-10,12-13H2,1H3. The van der Waals surface area contributed by atoms with Gasteiger partial charge in [0, 0.05) is 50.6 Å². The van der Waals surface area contributed by atoms with Gasteiger partial charge in [-0.05, 0) is 18.7 Å². The third-order valence-electron chi connectivity index (χ3n) is 3.99. The van der Waals surface area contributed by atoms with Crippen LogP contribution < -0.4 is 5.32 Å². The number of nitrogens with one attached hydrogen (secondary N) is 1. The molecule has 1 saturated heterocycles. The van der Waals surface area contributed by atoms with Gasteiger partial charge in [0.25, 0.3) is 0 Å². The van der Waals surface area contributed by atoms with Crippen molar-refractivity contribution in [2.45, 2.75) is 6.54 Å². The van der Waals surface area contributed by atoms with Crippen molar-refractivity contribution in [3.05, 3.63) is 35.4 Å². The first-order valence-corrected chi connectivity index (χ1v) is 9.63. The lowest BCUT2D eigenvalue weighted by Gasteiger charge is -2.34. The molecule has 0 unspecified atom stereocenters. The van der Waals surface area contributed by atoms with Gasteiger partial charge in [0.15, 0.2) is 0 Å². The van der Waals surface area contributed by atoms with Gasteiger partial charge in [-0.15, -0.1) is 11.6 Å². The Morgan fingerprint density at radius 2 is 2.00 bits per heavy atom. The van der Waals surface area contributed by atoms with E-state index in [2.05, 4.69) is 10.2 Å². The average Bonchev–Trinajstić information content (AvgIpc) is 2.62. The number of alkyl halides is 1. The molecule has 0 spiro atoms. The lowest BCUT2D eigenvalue weighted by atomic mass is 10.1. The van der Waals surface area contributed by atoms with Crippen molar-refractivity contribution in [3.8, 4) is 0 Å². The van der Waals surface area contributed by atoms with Crippen LogP contribution in [0.25, 0.3) is 0 Å². The van der Waals surface area contributed by atoms with Crippen LogP contribution >= 0.6 is 23.4 Å². The summed E-state index contributed by atoms with van der Waals surface area (Å²) in [4.78, 5) is 27.9. The van der Waals surface area contributed by atoms with Crippen molar-refractivity contribution >= 4 is 34.4 Å². The molecule has 5 nitrogen and oxygen atoms in total. The molecule has 0 bridgehead atoms. The molecule has 0 aromatic heterocycles. The molecule has 24 heavy (non-hydrogen) atoms. The Balaban J connectivity index is 1.86. The molecule has 0 saturated carbocycles. The minimum Gasteiger partial charge on any atom is -0.339 e. The summed E-state index contributed by atoms with van der Waals surface area (Å²) in [5, 5.41) is 3.16. The molecule has 1 amide bonds. The highest BCUT2D eigenvalue weighted by atomic mass is 35.5. The van der Waals surface area contributed by atoms with E-state index in [9.17, 15) is 9.59 Å². The third kappa shape index (κ3) is 5.77. The van der Waals surface area contributed by atoms with Gasteiger partial charge in [-0.1, -0.05) is 30.0 Å². The van der Waals surface area contributed by atoms with Crippen LogP contribution in [-0.2, 0) is 11.3 Å². The van der Waals surface area contributed by atoms with Crippen molar-refractivity contribution in [2.75, 3.05) is 51.4 Å². The number of carbonyl (C=O) groups excluding carboxylic acids is 2. The zero-order chi connectivity index (χ0) is 17.4. The van der Waals surface area contributed by atoms with Crippen molar-refractivity contribution in [1.82, 2.24) is 15.1 Å². The van der Waals surface area contributed by atoms with Crippen molar-refractivity contribution in [3.63, 3.8) is 0 Å². The average molecular weight is 370 g/mol. The minimum atomic E-state index is 0.00232. The number of thioether (sulfide) groups is 1.